The number of carbonyl (C=O) groups is 1. The zero-order valence-electron chi connectivity index (χ0n) is 22.4. The summed E-state index contributed by atoms with van der Waals surface area (Å²) in [6.45, 7) is 7.91. The molecule has 1 aromatic carbocycles. The monoisotopic (exact) mass is 516 g/mol. The molecule has 2 N–H and O–H groups in total. The van der Waals surface area contributed by atoms with Crippen LogP contribution in [0.15, 0.2) is 36.8 Å². The van der Waals surface area contributed by atoms with Crippen LogP contribution in [0.25, 0.3) is 27.8 Å². The summed E-state index contributed by atoms with van der Waals surface area (Å²) in [6.07, 6.45) is 5.95. The van der Waals surface area contributed by atoms with Gasteiger partial charge in [0.15, 0.2) is 11.4 Å². The Bertz CT molecular complexity index is 1470. The zero-order chi connectivity index (χ0) is 26.4. The van der Waals surface area contributed by atoms with Crippen molar-refractivity contribution in [1.82, 2.24) is 29.4 Å². The van der Waals surface area contributed by atoms with Crippen molar-refractivity contribution in [2.24, 2.45) is 0 Å². The number of piperidine rings is 1. The van der Waals surface area contributed by atoms with Crippen molar-refractivity contribution in [2.75, 3.05) is 39.8 Å². The second-order valence-corrected chi connectivity index (χ2v) is 11.0. The average molecular weight is 517 g/mol. The molecule has 0 bridgehead atoms. The molecule has 6 rings (SSSR count). The van der Waals surface area contributed by atoms with Crippen molar-refractivity contribution >= 4 is 22.5 Å². The second-order valence-electron chi connectivity index (χ2n) is 11.0. The first-order valence-corrected chi connectivity index (χ1v) is 13.6. The van der Waals surface area contributed by atoms with Gasteiger partial charge in [0.05, 0.1) is 25.5 Å². The van der Waals surface area contributed by atoms with Crippen LogP contribution in [0.4, 0.5) is 0 Å². The summed E-state index contributed by atoms with van der Waals surface area (Å²) in [5.41, 5.74) is 6.59. The van der Waals surface area contributed by atoms with Crippen LogP contribution in [0.1, 0.15) is 56.1 Å². The van der Waals surface area contributed by atoms with E-state index in [2.05, 4.69) is 52.0 Å². The molecule has 0 aliphatic carbocycles. The topological polar surface area (TPSA) is 99.0 Å². The van der Waals surface area contributed by atoms with Crippen molar-refractivity contribution in [3.8, 4) is 17.0 Å². The fraction of sp³-hybridized carbons (Fsp3) is 0.483. The molecule has 2 aliphatic heterocycles. The van der Waals surface area contributed by atoms with Crippen molar-refractivity contribution in [2.45, 2.75) is 51.0 Å². The number of aliphatic hydroxyl groups excluding tert-OH is 1. The lowest BCUT2D eigenvalue weighted by Gasteiger charge is -2.32. The maximum absolute atomic E-state index is 12.6. The number of pyridine rings is 1. The maximum atomic E-state index is 12.6. The number of hydrogen-bond acceptors (Lipinski definition) is 6. The van der Waals surface area contributed by atoms with Gasteiger partial charge in [0.1, 0.15) is 6.33 Å². The standard InChI is InChI=1S/C29H36N6O3/c1-18(2)27-23-12-20(19-6-9-33(10-7-19)16-26(37)34-11-8-22(36)15-34)4-5-24(23)32-28(27)21-13-25(38-3)29-30-17-31-35(29)14-21/h4-5,12-14,17-19,22,32,36H,6-11,15-16H2,1-3H3. The first kappa shape index (κ1) is 24.9. The Kier molecular flexibility index (Phi) is 6.57. The Balaban J connectivity index is 1.23. The van der Waals surface area contributed by atoms with E-state index in [1.807, 2.05) is 12.3 Å². The number of benzene rings is 1. The lowest BCUT2D eigenvalue weighted by molar-refractivity contribution is -0.132. The van der Waals surface area contributed by atoms with Gasteiger partial charge in [0.25, 0.3) is 0 Å². The van der Waals surface area contributed by atoms with Gasteiger partial charge in [0.2, 0.25) is 5.91 Å². The minimum atomic E-state index is -0.364. The third-order valence-electron chi connectivity index (χ3n) is 8.22. The molecule has 200 valence electrons. The van der Waals surface area contributed by atoms with Crippen LogP contribution in [0.3, 0.4) is 0 Å². The summed E-state index contributed by atoms with van der Waals surface area (Å²) in [4.78, 5) is 24.7. The van der Waals surface area contributed by atoms with Crippen LogP contribution >= 0.6 is 0 Å². The van der Waals surface area contributed by atoms with Gasteiger partial charge in [-0.25, -0.2) is 9.50 Å². The molecule has 4 aromatic rings. The number of aromatic nitrogens is 4. The number of methoxy groups -OCH3 is 1. The number of nitrogens with one attached hydrogen (secondary N) is 1. The van der Waals surface area contributed by atoms with Crippen LogP contribution in [0.5, 0.6) is 5.75 Å². The largest absolute Gasteiger partial charge is 0.493 e. The number of nitrogens with zero attached hydrogens (tertiary/aromatic N) is 5. The minimum absolute atomic E-state index is 0.142. The molecule has 9 heteroatoms. The molecule has 3 aromatic heterocycles. The molecule has 1 atom stereocenters. The Morgan fingerprint density at radius 1 is 1.18 bits per heavy atom. The summed E-state index contributed by atoms with van der Waals surface area (Å²) < 4.78 is 7.37. The number of aliphatic hydroxyl groups is 1. The number of amides is 1. The van der Waals surface area contributed by atoms with Gasteiger partial charge in [-0.3, -0.25) is 9.69 Å². The molecule has 9 nitrogen and oxygen atoms in total. The molecule has 0 saturated carbocycles. The van der Waals surface area contributed by atoms with Crippen LogP contribution in [-0.2, 0) is 4.79 Å². The number of fused-ring (bicyclic) bond motifs is 2. The van der Waals surface area contributed by atoms with Crippen molar-refractivity contribution in [3.63, 3.8) is 0 Å². The molecule has 0 radical (unpaired) electrons. The van der Waals surface area contributed by atoms with Crippen LogP contribution in [0.2, 0.25) is 0 Å². The molecule has 2 fully saturated rings. The van der Waals surface area contributed by atoms with E-state index in [9.17, 15) is 9.90 Å². The second kappa shape index (κ2) is 10.0. The molecule has 1 amide bonds. The van der Waals surface area contributed by atoms with E-state index in [0.717, 1.165) is 42.7 Å². The molecule has 1 unspecified atom stereocenters. The number of rotatable bonds is 6. The van der Waals surface area contributed by atoms with E-state index in [1.165, 1.54) is 16.5 Å². The van der Waals surface area contributed by atoms with Crippen LogP contribution in [-0.4, -0.2) is 86.3 Å². The van der Waals surface area contributed by atoms with Gasteiger partial charge >= 0.3 is 0 Å². The van der Waals surface area contributed by atoms with Gasteiger partial charge < -0.3 is 19.7 Å². The van der Waals surface area contributed by atoms with Gasteiger partial charge in [-0.2, -0.15) is 5.10 Å². The summed E-state index contributed by atoms with van der Waals surface area (Å²) in [5.74, 6) is 1.64. The fourth-order valence-electron chi connectivity index (χ4n) is 6.18. The number of β-amino-alcohol motifs (C(OH)–C–C–N with tert-alkyl or cyclic N) is 1. The summed E-state index contributed by atoms with van der Waals surface area (Å²) in [5, 5.41) is 15.3. The quantitative estimate of drug-likeness (QED) is 0.405. The first-order valence-electron chi connectivity index (χ1n) is 13.6. The normalized spacial score (nSPS) is 19.3. The number of ether oxygens (including phenoxy) is 1. The lowest BCUT2D eigenvalue weighted by atomic mass is 9.87. The Hall–Kier alpha value is -3.43. The molecule has 0 spiro atoms. The van der Waals surface area contributed by atoms with Gasteiger partial charge in [-0.05, 0) is 73.5 Å². The van der Waals surface area contributed by atoms with E-state index in [-0.39, 0.29) is 12.0 Å². The zero-order valence-corrected chi connectivity index (χ0v) is 22.4. The smallest absolute Gasteiger partial charge is 0.236 e. The van der Waals surface area contributed by atoms with Crippen LogP contribution in [0, 0.1) is 0 Å². The lowest BCUT2D eigenvalue weighted by Crippen LogP contribution is -2.42. The summed E-state index contributed by atoms with van der Waals surface area (Å²) in [7, 11) is 1.66. The Labute approximate surface area is 222 Å². The summed E-state index contributed by atoms with van der Waals surface area (Å²) in [6, 6.07) is 8.86. The van der Waals surface area contributed by atoms with E-state index in [1.54, 1.807) is 22.9 Å². The maximum Gasteiger partial charge on any atom is 0.236 e. The van der Waals surface area contributed by atoms with E-state index >= 15 is 0 Å². The fourth-order valence-corrected chi connectivity index (χ4v) is 6.18. The van der Waals surface area contributed by atoms with Crippen molar-refractivity contribution < 1.29 is 14.6 Å². The van der Waals surface area contributed by atoms with Gasteiger partial charge in [-0.1, -0.05) is 19.9 Å². The molecule has 38 heavy (non-hydrogen) atoms. The first-order chi connectivity index (χ1) is 18.4. The molecular weight excluding hydrogens is 480 g/mol. The molecular formula is C29H36N6O3. The SMILES string of the molecule is COc1cc(-c2[nH]c3ccc(C4CCN(CC(=O)N5CCC(O)C5)CC4)cc3c2C(C)C)cn2ncnc12. The number of likely N-dealkylation sites (tertiary alicyclic amines) is 2. The highest BCUT2D eigenvalue weighted by Gasteiger charge is 2.28. The third-order valence-corrected chi connectivity index (χ3v) is 8.22. The van der Waals surface area contributed by atoms with Crippen molar-refractivity contribution in [3.05, 3.63) is 47.9 Å². The van der Waals surface area contributed by atoms with E-state index in [4.69, 9.17) is 4.74 Å². The van der Waals surface area contributed by atoms with Crippen LogP contribution < -0.4 is 4.74 Å². The highest BCUT2D eigenvalue weighted by molar-refractivity contribution is 5.92. The molecule has 2 aliphatic rings. The number of carbonyl (C=O) groups excluding carboxylic acids is 1. The predicted molar refractivity (Wildman–Crippen MR) is 147 cm³/mol. The third kappa shape index (κ3) is 4.54. The Morgan fingerprint density at radius 2 is 2.00 bits per heavy atom. The highest BCUT2D eigenvalue weighted by Crippen LogP contribution is 2.39. The average Bonchev–Trinajstić information content (AvgIpc) is 3.66. The van der Waals surface area contributed by atoms with Gasteiger partial charge in [0, 0.05) is 35.8 Å². The number of aromatic amines is 1. The number of H-pyrrole nitrogens is 1. The summed E-state index contributed by atoms with van der Waals surface area (Å²) >= 11 is 0. The molecule has 2 saturated heterocycles. The minimum Gasteiger partial charge on any atom is -0.493 e. The number of hydrogen-bond donors (Lipinski definition) is 2. The van der Waals surface area contributed by atoms with E-state index in [0.29, 0.717) is 49.3 Å². The highest BCUT2D eigenvalue weighted by atomic mass is 16.5. The van der Waals surface area contributed by atoms with E-state index < -0.39 is 0 Å². The van der Waals surface area contributed by atoms with Gasteiger partial charge in [-0.15, -0.1) is 0 Å². The molecule has 5 heterocycles. The van der Waals surface area contributed by atoms with Crippen molar-refractivity contribution in [1.29, 1.82) is 0 Å². The Morgan fingerprint density at radius 3 is 2.71 bits per heavy atom. The predicted octanol–water partition coefficient (Wildman–Crippen LogP) is 3.78.